The standard InChI is InChI=1S/C13H19N3O/c1-13(2,17-3)7-12-15-10-5-4-9(8-14)6-11(10)16-12/h4-6H,7-8,14H2,1-3H3,(H,15,16). The summed E-state index contributed by atoms with van der Waals surface area (Å²) >= 11 is 0. The Morgan fingerprint density at radius 1 is 1.41 bits per heavy atom. The summed E-state index contributed by atoms with van der Waals surface area (Å²) in [5, 5.41) is 0. The number of nitrogens with one attached hydrogen (secondary N) is 1. The summed E-state index contributed by atoms with van der Waals surface area (Å²) < 4.78 is 5.40. The van der Waals surface area contributed by atoms with Crippen molar-refractivity contribution in [3.8, 4) is 0 Å². The second-order valence-corrected chi connectivity index (χ2v) is 4.88. The minimum atomic E-state index is -0.204. The van der Waals surface area contributed by atoms with Crippen LogP contribution in [0.25, 0.3) is 11.0 Å². The van der Waals surface area contributed by atoms with Crippen molar-refractivity contribution in [2.75, 3.05) is 7.11 Å². The van der Waals surface area contributed by atoms with Gasteiger partial charge in [-0.3, -0.25) is 0 Å². The first-order chi connectivity index (χ1) is 8.04. The van der Waals surface area contributed by atoms with Gasteiger partial charge in [-0.25, -0.2) is 4.98 Å². The fraction of sp³-hybridized carbons (Fsp3) is 0.462. The van der Waals surface area contributed by atoms with Gasteiger partial charge < -0.3 is 15.5 Å². The van der Waals surface area contributed by atoms with Crippen LogP contribution >= 0.6 is 0 Å². The molecule has 0 fully saturated rings. The summed E-state index contributed by atoms with van der Waals surface area (Å²) in [7, 11) is 1.72. The molecule has 17 heavy (non-hydrogen) atoms. The molecule has 4 heteroatoms. The van der Waals surface area contributed by atoms with Gasteiger partial charge in [-0.05, 0) is 31.5 Å². The first-order valence-corrected chi connectivity index (χ1v) is 5.77. The van der Waals surface area contributed by atoms with Crippen molar-refractivity contribution < 1.29 is 4.74 Å². The Morgan fingerprint density at radius 2 is 2.18 bits per heavy atom. The Kier molecular flexibility index (Phi) is 3.17. The van der Waals surface area contributed by atoms with Crippen LogP contribution in [0.4, 0.5) is 0 Å². The molecule has 0 aliphatic heterocycles. The molecular formula is C13H19N3O. The van der Waals surface area contributed by atoms with Crippen LogP contribution in [0.1, 0.15) is 25.2 Å². The summed E-state index contributed by atoms with van der Waals surface area (Å²) in [5.74, 6) is 0.945. The fourth-order valence-electron chi connectivity index (χ4n) is 1.80. The summed E-state index contributed by atoms with van der Waals surface area (Å²) in [6.07, 6.45) is 0.760. The van der Waals surface area contributed by atoms with E-state index in [1.807, 2.05) is 32.0 Å². The minimum Gasteiger partial charge on any atom is -0.378 e. The Labute approximate surface area is 101 Å². The van der Waals surface area contributed by atoms with Gasteiger partial charge in [0, 0.05) is 20.1 Å². The smallest absolute Gasteiger partial charge is 0.110 e. The molecular weight excluding hydrogens is 214 g/mol. The predicted molar refractivity (Wildman–Crippen MR) is 68.8 cm³/mol. The van der Waals surface area contributed by atoms with Crippen molar-refractivity contribution in [1.29, 1.82) is 0 Å². The second kappa shape index (κ2) is 4.47. The van der Waals surface area contributed by atoms with Crippen LogP contribution in [-0.2, 0) is 17.7 Å². The molecule has 0 bridgehead atoms. The average molecular weight is 233 g/mol. The normalized spacial score (nSPS) is 12.2. The number of aromatic amines is 1. The van der Waals surface area contributed by atoms with E-state index in [1.165, 1.54) is 0 Å². The Hall–Kier alpha value is -1.39. The number of hydrogen-bond donors (Lipinski definition) is 2. The SMILES string of the molecule is COC(C)(C)Cc1nc2ccc(CN)cc2[nH]1. The number of nitrogens with two attached hydrogens (primary N) is 1. The number of aromatic nitrogens is 2. The third-order valence-electron chi connectivity index (χ3n) is 2.98. The number of fused-ring (bicyclic) bond motifs is 1. The first-order valence-electron chi connectivity index (χ1n) is 5.77. The number of benzene rings is 1. The van der Waals surface area contributed by atoms with Crippen molar-refractivity contribution in [2.45, 2.75) is 32.4 Å². The molecule has 0 aliphatic carbocycles. The third kappa shape index (κ3) is 2.65. The molecule has 0 spiro atoms. The highest BCUT2D eigenvalue weighted by molar-refractivity contribution is 5.75. The average Bonchev–Trinajstić information content (AvgIpc) is 2.68. The molecule has 0 atom stereocenters. The summed E-state index contributed by atoms with van der Waals surface area (Å²) in [6, 6.07) is 6.05. The van der Waals surface area contributed by atoms with E-state index in [1.54, 1.807) is 7.11 Å². The van der Waals surface area contributed by atoms with Crippen LogP contribution in [0, 0.1) is 0 Å². The van der Waals surface area contributed by atoms with Crippen molar-refractivity contribution >= 4 is 11.0 Å². The fourth-order valence-corrected chi connectivity index (χ4v) is 1.80. The van der Waals surface area contributed by atoms with Crippen molar-refractivity contribution in [3.05, 3.63) is 29.6 Å². The van der Waals surface area contributed by atoms with Crippen LogP contribution in [0.3, 0.4) is 0 Å². The monoisotopic (exact) mass is 233 g/mol. The summed E-state index contributed by atoms with van der Waals surface area (Å²) in [6.45, 7) is 4.64. The molecule has 2 rings (SSSR count). The Balaban J connectivity index is 2.31. The third-order valence-corrected chi connectivity index (χ3v) is 2.98. The van der Waals surface area contributed by atoms with Crippen LogP contribution in [-0.4, -0.2) is 22.7 Å². The van der Waals surface area contributed by atoms with Crippen LogP contribution in [0.15, 0.2) is 18.2 Å². The zero-order valence-corrected chi connectivity index (χ0v) is 10.6. The van der Waals surface area contributed by atoms with Crippen molar-refractivity contribution in [3.63, 3.8) is 0 Å². The van der Waals surface area contributed by atoms with E-state index < -0.39 is 0 Å². The molecule has 3 N–H and O–H groups in total. The minimum absolute atomic E-state index is 0.204. The van der Waals surface area contributed by atoms with E-state index >= 15 is 0 Å². The van der Waals surface area contributed by atoms with E-state index in [0.717, 1.165) is 28.8 Å². The number of ether oxygens (including phenoxy) is 1. The molecule has 0 aliphatic rings. The lowest BCUT2D eigenvalue weighted by Gasteiger charge is -2.21. The molecule has 92 valence electrons. The molecule has 1 heterocycles. The number of imidazole rings is 1. The Morgan fingerprint density at radius 3 is 2.82 bits per heavy atom. The van der Waals surface area contributed by atoms with Crippen molar-refractivity contribution in [1.82, 2.24) is 9.97 Å². The van der Waals surface area contributed by atoms with Gasteiger partial charge >= 0.3 is 0 Å². The lowest BCUT2D eigenvalue weighted by Crippen LogP contribution is -2.26. The molecule has 0 saturated heterocycles. The lowest BCUT2D eigenvalue weighted by atomic mass is 10.1. The Bertz CT molecular complexity index is 516. The van der Waals surface area contributed by atoms with E-state index in [9.17, 15) is 0 Å². The second-order valence-electron chi connectivity index (χ2n) is 4.88. The number of H-pyrrole nitrogens is 1. The van der Waals surface area contributed by atoms with Gasteiger partial charge in [0.1, 0.15) is 5.82 Å². The molecule has 0 saturated carbocycles. The highest BCUT2D eigenvalue weighted by Crippen LogP contribution is 2.18. The van der Waals surface area contributed by atoms with Gasteiger partial charge in [-0.15, -0.1) is 0 Å². The van der Waals surface area contributed by atoms with Gasteiger partial charge in [0.05, 0.1) is 16.6 Å². The van der Waals surface area contributed by atoms with Crippen LogP contribution < -0.4 is 5.73 Å². The topological polar surface area (TPSA) is 63.9 Å². The number of methoxy groups -OCH3 is 1. The summed E-state index contributed by atoms with van der Waals surface area (Å²) in [4.78, 5) is 7.86. The van der Waals surface area contributed by atoms with Gasteiger partial charge in [0.15, 0.2) is 0 Å². The van der Waals surface area contributed by atoms with Crippen molar-refractivity contribution in [2.24, 2.45) is 5.73 Å². The van der Waals surface area contributed by atoms with Gasteiger partial charge in [-0.1, -0.05) is 6.07 Å². The molecule has 1 aromatic carbocycles. The highest BCUT2D eigenvalue weighted by atomic mass is 16.5. The molecule has 0 amide bonds. The van der Waals surface area contributed by atoms with E-state index in [4.69, 9.17) is 10.5 Å². The van der Waals surface area contributed by atoms with Gasteiger partial charge in [0.2, 0.25) is 0 Å². The lowest BCUT2D eigenvalue weighted by molar-refractivity contribution is 0.0218. The predicted octanol–water partition coefficient (Wildman–Crippen LogP) is 1.99. The van der Waals surface area contributed by atoms with Crippen LogP contribution in [0.2, 0.25) is 0 Å². The first kappa shape index (κ1) is 12.1. The summed E-state index contributed by atoms with van der Waals surface area (Å²) in [5.41, 5.74) is 8.54. The largest absolute Gasteiger partial charge is 0.378 e. The molecule has 0 radical (unpaired) electrons. The van der Waals surface area contributed by atoms with E-state index in [-0.39, 0.29) is 5.60 Å². The number of nitrogens with zero attached hydrogens (tertiary/aromatic N) is 1. The maximum Gasteiger partial charge on any atom is 0.110 e. The van der Waals surface area contributed by atoms with Gasteiger partial charge in [-0.2, -0.15) is 0 Å². The van der Waals surface area contributed by atoms with E-state index in [0.29, 0.717) is 6.54 Å². The number of hydrogen-bond acceptors (Lipinski definition) is 3. The zero-order chi connectivity index (χ0) is 12.5. The maximum atomic E-state index is 5.62. The van der Waals surface area contributed by atoms with Gasteiger partial charge in [0.25, 0.3) is 0 Å². The van der Waals surface area contributed by atoms with E-state index in [2.05, 4.69) is 9.97 Å². The highest BCUT2D eigenvalue weighted by Gasteiger charge is 2.19. The molecule has 0 unspecified atom stereocenters. The molecule has 1 aromatic heterocycles. The zero-order valence-electron chi connectivity index (χ0n) is 10.6. The van der Waals surface area contributed by atoms with Crippen LogP contribution in [0.5, 0.6) is 0 Å². The molecule has 4 nitrogen and oxygen atoms in total. The number of rotatable bonds is 4. The quantitative estimate of drug-likeness (QED) is 0.848. The molecule has 2 aromatic rings. The maximum absolute atomic E-state index is 5.62.